The number of nitrogens with zero attached hydrogens (tertiary/aromatic N) is 1. The molecule has 0 saturated heterocycles. The number of aryl methyl sites for hydroxylation is 1. The Bertz CT molecular complexity index is 972. The van der Waals surface area contributed by atoms with Gasteiger partial charge in [-0.1, -0.05) is 24.3 Å². The first-order valence-electron chi connectivity index (χ1n) is 8.76. The van der Waals surface area contributed by atoms with E-state index in [2.05, 4.69) is 11.4 Å². The molecule has 27 heavy (non-hydrogen) atoms. The summed E-state index contributed by atoms with van der Waals surface area (Å²) in [4.78, 5) is 14.1. The highest BCUT2D eigenvalue weighted by atomic mass is 19.1. The first-order valence-corrected chi connectivity index (χ1v) is 8.76. The van der Waals surface area contributed by atoms with Gasteiger partial charge < -0.3 is 10.1 Å². The molecule has 5 heteroatoms. The van der Waals surface area contributed by atoms with Gasteiger partial charge in [0.25, 0.3) is 0 Å². The fraction of sp³-hybridized carbons (Fsp3) is 0.227. The molecule has 3 rings (SSSR count). The van der Waals surface area contributed by atoms with Crippen LogP contribution in [0.5, 0.6) is 5.75 Å². The second-order valence-corrected chi connectivity index (χ2v) is 6.75. The molecular weight excluding hydrogens is 343 g/mol. The lowest BCUT2D eigenvalue weighted by Gasteiger charge is -2.17. The summed E-state index contributed by atoms with van der Waals surface area (Å²) in [5.41, 5.74) is 2.12. The van der Waals surface area contributed by atoms with Crippen molar-refractivity contribution < 1.29 is 13.9 Å². The van der Waals surface area contributed by atoms with Crippen LogP contribution in [-0.2, 0) is 11.3 Å². The highest BCUT2D eigenvalue weighted by Crippen LogP contribution is 2.22. The molecule has 0 fully saturated rings. The summed E-state index contributed by atoms with van der Waals surface area (Å²) in [6.07, 6.45) is 0. The number of halogens is 1. The number of anilines is 1. The maximum atomic E-state index is 13.9. The molecule has 0 atom stereocenters. The quantitative estimate of drug-likeness (QED) is 0.704. The zero-order valence-corrected chi connectivity index (χ0v) is 15.8. The fourth-order valence-electron chi connectivity index (χ4n) is 3.02. The number of carbonyl (C=O) groups excluding carboxylic acids is 1. The number of ether oxygens (including phenoxy) is 1. The van der Waals surface area contributed by atoms with Crippen LogP contribution in [0, 0.1) is 12.7 Å². The first-order chi connectivity index (χ1) is 12.9. The smallest absolute Gasteiger partial charge is 0.238 e. The van der Waals surface area contributed by atoms with Crippen LogP contribution in [0.3, 0.4) is 0 Å². The molecule has 3 aromatic rings. The molecule has 0 radical (unpaired) electrons. The molecule has 0 heterocycles. The summed E-state index contributed by atoms with van der Waals surface area (Å²) in [6, 6.07) is 16.9. The van der Waals surface area contributed by atoms with Gasteiger partial charge in [0.15, 0.2) is 0 Å². The number of benzene rings is 3. The third-order valence-electron chi connectivity index (χ3n) is 4.38. The second-order valence-electron chi connectivity index (χ2n) is 6.75. The van der Waals surface area contributed by atoms with Gasteiger partial charge in [0.2, 0.25) is 5.91 Å². The number of amides is 1. The van der Waals surface area contributed by atoms with E-state index in [0.717, 1.165) is 27.6 Å². The minimum Gasteiger partial charge on any atom is -0.497 e. The van der Waals surface area contributed by atoms with Crippen molar-refractivity contribution in [2.45, 2.75) is 13.5 Å². The van der Waals surface area contributed by atoms with Crippen molar-refractivity contribution >= 4 is 22.4 Å². The Morgan fingerprint density at radius 1 is 1.07 bits per heavy atom. The minimum atomic E-state index is -0.420. The van der Waals surface area contributed by atoms with Crippen LogP contribution < -0.4 is 10.1 Å². The van der Waals surface area contributed by atoms with Gasteiger partial charge in [0.1, 0.15) is 11.6 Å². The zero-order valence-electron chi connectivity index (χ0n) is 15.8. The van der Waals surface area contributed by atoms with Crippen LogP contribution in [0.4, 0.5) is 10.1 Å². The maximum Gasteiger partial charge on any atom is 0.238 e. The van der Waals surface area contributed by atoms with Gasteiger partial charge in [0, 0.05) is 6.54 Å². The van der Waals surface area contributed by atoms with E-state index in [-0.39, 0.29) is 18.1 Å². The minimum absolute atomic E-state index is 0.175. The Hall–Kier alpha value is -2.92. The zero-order chi connectivity index (χ0) is 19.4. The van der Waals surface area contributed by atoms with Crippen LogP contribution >= 0.6 is 0 Å². The average molecular weight is 366 g/mol. The van der Waals surface area contributed by atoms with Crippen molar-refractivity contribution in [2.75, 3.05) is 26.0 Å². The molecule has 0 unspecified atom stereocenters. The van der Waals surface area contributed by atoms with Crippen LogP contribution in [0.15, 0.2) is 54.6 Å². The van der Waals surface area contributed by atoms with Gasteiger partial charge in [-0.2, -0.15) is 0 Å². The maximum absolute atomic E-state index is 13.9. The van der Waals surface area contributed by atoms with Gasteiger partial charge >= 0.3 is 0 Å². The Balaban J connectivity index is 1.62. The first kappa shape index (κ1) is 18.9. The summed E-state index contributed by atoms with van der Waals surface area (Å²) in [7, 11) is 3.52. The van der Waals surface area contributed by atoms with Gasteiger partial charge in [-0.25, -0.2) is 4.39 Å². The Kier molecular flexibility index (Phi) is 5.72. The van der Waals surface area contributed by atoms with E-state index in [0.29, 0.717) is 6.54 Å². The molecule has 0 aliphatic carbocycles. The molecule has 1 N–H and O–H groups in total. The molecule has 0 bridgehead atoms. The Labute approximate surface area is 158 Å². The Morgan fingerprint density at radius 2 is 1.81 bits per heavy atom. The van der Waals surface area contributed by atoms with E-state index in [1.807, 2.05) is 49.2 Å². The third kappa shape index (κ3) is 4.83. The number of fused-ring (bicyclic) bond motifs is 1. The largest absolute Gasteiger partial charge is 0.497 e. The highest BCUT2D eigenvalue weighted by Gasteiger charge is 2.10. The number of carbonyl (C=O) groups is 1. The average Bonchev–Trinajstić information content (AvgIpc) is 2.63. The van der Waals surface area contributed by atoms with E-state index < -0.39 is 5.82 Å². The lowest BCUT2D eigenvalue weighted by molar-refractivity contribution is -0.117. The molecule has 0 aromatic heterocycles. The molecule has 140 valence electrons. The predicted molar refractivity (Wildman–Crippen MR) is 107 cm³/mol. The standard InChI is InChI=1S/C22H23FN2O2/c1-15-4-9-21(20(23)10-15)24-22(26)14-25(2)13-16-5-6-18-12-19(27-3)8-7-17(18)11-16/h4-12H,13-14H2,1-3H3,(H,24,26). The summed E-state index contributed by atoms with van der Waals surface area (Å²) in [5, 5.41) is 4.85. The molecule has 0 saturated carbocycles. The number of hydrogen-bond acceptors (Lipinski definition) is 3. The SMILES string of the molecule is COc1ccc2cc(CN(C)CC(=O)Nc3ccc(C)cc3F)ccc2c1. The van der Waals surface area contributed by atoms with Gasteiger partial charge in [-0.3, -0.25) is 9.69 Å². The van der Waals surface area contributed by atoms with E-state index in [4.69, 9.17) is 4.74 Å². The van der Waals surface area contributed by atoms with Crippen molar-refractivity contribution in [1.29, 1.82) is 0 Å². The molecule has 0 aliphatic rings. The predicted octanol–water partition coefficient (Wildman–Crippen LogP) is 4.37. The van der Waals surface area contributed by atoms with Crippen LogP contribution in [0.1, 0.15) is 11.1 Å². The Morgan fingerprint density at radius 3 is 2.56 bits per heavy atom. The van der Waals surface area contributed by atoms with Crippen molar-refractivity contribution in [3.63, 3.8) is 0 Å². The van der Waals surface area contributed by atoms with Crippen molar-refractivity contribution in [2.24, 2.45) is 0 Å². The molecule has 0 aliphatic heterocycles. The lowest BCUT2D eigenvalue weighted by Crippen LogP contribution is -2.30. The topological polar surface area (TPSA) is 41.6 Å². The number of methoxy groups -OCH3 is 1. The number of hydrogen-bond donors (Lipinski definition) is 1. The third-order valence-corrected chi connectivity index (χ3v) is 4.38. The normalized spacial score (nSPS) is 11.0. The van der Waals surface area contributed by atoms with Gasteiger partial charge in [-0.15, -0.1) is 0 Å². The fourth-order valence-corrected chi connectivity index (χ4v) is 3.02. The second kappa shape index (κ2) is 8.18. The summed E-state index contributed by atoms with van der Waals surface area (Å²) in [6.45, 7) is 2.60. The molecule has 4 nitrogen and oxygen atoms in total. The van der Waals surface area contributed by atoms with Crippen LogP contribution in [-0.4, -0.2) is 31.5 Å². The van der Waals surface area contributed by atoms with Crippen LogP contribution in [0.25, 0.3) is 10.8 Å². The summed E-state index contributed by atoms with van der Waals surface area (Å²) in [5.74, 6) is 0.161. The summed E-state index contributed by atoms with van der Waals surface area (Å²) < 4.78 is 19.1. The number of rotatable bonds is 6. The molecule has 1 amide bonds. The van der Waals surface area contributed by atoms with E-state index >= 15 is 0 Å². The lowest BCUT2D eigenvalue weighted by atomic mass is 10.1. The summed E-state index contributed by atoms with van der Waals surface area (Å²) >= 11 is 0. The van der Waals surface area contributed by atoms with Crippen molar-refractivity contribution in [3.05, 3.63) is 71.5 Å². The van der Waals surface area contributed by atoms with E-state index in [1.165, 1.54) is 6.07 Å². The number of likely N-dealkylation sites (N-methyl/N-ethyl adjacent to an activating group) is 1. The van der Waals surface area contributed by atoms with Crippen LogP contribution in [0.2, 0.25) is 0 Å². The van der Waals surface area contributed by atoms with Gasteiger partial charge in [0.05, 0.1) is 19.3 Å². The van der Waals surface area contributed by atoms with Crippen molar-refractivity contribution in [1.82, 2.24) is 4.90 Å². The van der Waals surface area contributed by atoms with Gasteiger partial charge in [-0.05, 0) is 66.2 Å². The monoisotopic (exact) mass is 366 g/mol. The van der Waals surface area contributed by atoms with E-state index in [9.17, 15) is 9.18 Å². The highest BCUT2D eigenvalue weighted by molar-refractivity contribution is 5.92. The number of nitrogens with one attached hydrogen (secondary N) is 1. The van der Waals surface area contributed by atoms with Crippen molar-refractivity contribution in [3.8, 4) is 5.75 Å². The van der Waals surface area contributed by atoms with E-state index in [1.54, 1.807) is 19.2 Å². The molecular formula is C22H23FN2O2. The molecule has 0 spiro atoms. The molecule has 3 aromatic carbocycles.